The highest BCUT2D eigenvalue weighted by Gasteiger charge is 2.34. The summed E-state index contributed by atoms with van der Waals surface area (Å²) >= 11 is 0. The second kappa shape index (κ2) is 5.25. The molecule has 5 nitrogen and oxygen atoms in total. The van der Waals surface area contributed by atoms with Gasteiger partial charge in [0.2, 0.25) is 0 Å². The largest absolute Gasteiger partial charge is 0.349 e. The molecule has 0 aliphatic carbocycles. The Bertz CT molecular complexity index is 491. The van der Waals surface area contributed by atoms with Crippen molar-refractivity contribution in [3.63, 3.8) is 0 Å². The van der Waals surface area contributed by atoms with Crippen LogP contribution >= 0.6 is 0 Å². The highest BCUT2D eigenvalue weighted by atomic mass is 16.1. The fourth-order valence-corrected chi connectivity index (χ4v) is 2.42. The summed E-state index contributed by atoms with van der Waals surface area (Å²) < 4.78 is 0. The van der Waals surface area contributed by atoms with E-state index in [9.17, 15) is 4.79 Å². The maximum absolute atomic E-state index is 11.5. The predicted molar refractivity (Wildman–Crippen MR) is 72.3 cm³/mol. The summed E-state index contributed by atoms with van der Waals surface area (Å²) in [5.74, 6) is 0. The molecule has 0 N–H and O–H groups in total. The van der Waals surface area contributed by atoms with Gasteiger partial charge in [-0.15, -0.1) is 0 Å². The molecule has 0 spiro atoms. The van der Waals surface area contributed by atoms with Gasteiger partial charge >= 0.3 is 0 Å². The molecule has 1 aromatic carbocycles. The highest BCUT2D eigenvalue weighted by molar-refractivity contribution is 6.04. The predicted octanol–water partition coefficient (Wildman–Crippen LogP) is 1.71. The number of azide groups is 1. The van der Waals surface area contributed by atoms with Gasteiger partial charge in [0, 0.05) is 10.6 Å². The molecule has 0 unspecified atom stereocenters. The average molecular weight is 242 g/mol. The van der Waals surface area contributed by atoms with E-state index in [1.54, 1.807) is 6.07 Å². The van der Waals surface area contributed by atoms with Gasteiger partial charge in [-0.25, -0.2) is 0 Å². The Morgan fingerprint density at radius 1 is 1.44 bits per heavy atom. The number of carbonyl (C=O) groups excluding carboxylic acids is 1. The van der Waals surface area contributed by atoms with Crippen molar-refractivity contribution in [3.8, 4) is 0 Å². The Balaban J connectivity index is 2.35. The van der Waals surface area contributed by atoms with Crippen LogP contribution in [-0.4, -0.2) is 32.2 Å². The van der Waals surface area contributed by atoms with Crippen LogP contribution in [0, 0.1) is 0 Å². The zero-order valence-electron chi connectivity index (χ0n) is 10.4. The molecular weight excluding hydrogens is 227 g/mol. The number of piperidine rings is 1. The first-order valence-corrected chi connectivity index (χ1v) is 6.01. The van der Waals surface area contributed by atoms with Crippen molar-refractivity contribution in [2.45, 2.75) is 18.3 Å². The van der Waals surface area contributed by atoms with Crippen LogP contribution in [0.2, 0.25) is 0 Å². The minimum atomic E-state index is -0.423. The molecule has 1 aliphatic heterocycles. The molecule has 0 atom stereocenters. The molecule has 2 rings (SSSR count). The Morgan fingerprint density at radius 3 is 2.78 bits per heavy atom. The van der Waals surface area contributed by atoms with E-state index in [4.69, 9.17) is 5.53 Å². The van der Waals surface area contributed by atoms with Gasteiger partial charge < -0.3 is 9.61 Å². The molecule has 0 bridgehead atoms. The first-order chi connectivity index (χ1) is 8.70. The lowest BCUT2D eigenvalue weighted by Crippen LogP contribution is -2.42. The summed E-state index contributed by atoms with van der Waals surface area (Å²) in [6.07, 6.45) is 2.68. The lowest BCUT2D eigenvalue weighted by atomic mass is 9.73. The number of rotatable bonds is 3. The van der Waals surface area contributed by atoms with Gasteiger partial charge in [0.15, 0.2) is 7.98 Å². The summed E-state index contributed by atoms with van der Waals surface area (Å²) in [6.45, 7) is 1.81. The molecule has 0 saturated carbocycles. The third-order valence-corrected chi connectivity index (χ3v) is 3.69. The van der Waals surface area contributed by atoms with Gasteiger partial charge in [-0.1, -0.05) is 23.3 Å². The minimum Gasteiger partial charge on any atom is -0.349 e. The number of benzene rings is 1. The second-order valence-electron chi connectivity index (χ2n) is 4.82. The van der Waals surface area contributed by atoms with Gasteiger partial charge in [-0.2, -0.15) is 0 Å². The normalized spacial score (nSPS) is 18.9. The number of carbonyl (C=O) groups is 1. The quantitative estimate of drug-likeness (QED) is 0.266. The van der Waals surface area contributed by atoms with Crippen LogP contribution in [0.5, 0.6) is 0 Å². The lowest BCUT2D eigenvalue weighted by Gasteiger charge is -2.37. The molecule has 1 aliphatic rings. The van der Waals surface area contributed by atoms with E-state index in [2.05, 4.69) is 22.8 Å². The Kier molecular flexibility index (Phi) is 3.70. The van der Waals surface area contributed by atoms with E-state index in [-0.39, 0.29) is 0 Å². The monoisotopic (exact) mass is 242 g/mol. The number of hydrogen-bond acceptors (Lipinski definition) is 3. The molecule has 0 amide bonds. The van der Waals surface area contributed by atoms with Crippen LogP contribution in [0.15, 0.2) is 29.4 Å². The first-order valence-electron chi connectivity index (χ1n) is 6.01. The van der Waals surface area contributed by atoms with Crippen LogP contribution in [-0.2, 0) is 10.2 Å². The van der Waals surface area contributed by atoms with Crippen molar-refractivity contribution < 1.29 is 4.79 Å². The molecule has 0 aromatic heterocycles. The van der Waals surface area contributed by atoms with E-state index >= 15 is 0 Å². The third-order valence-electron chi connectivity index (χ3n) is 3.69. The van der Waals surface area contributed by atoms with Crippen molar-refractivity contribution in [1.29, 1.82) is 0 Å². The van der Waals surface area contributed by atoms with Gasteiger partial charge in [0.1, 0.15) is 6.29 Å². The van der Waals surface area contributed by atoms with Gasteiger partial charge in [0.25, 0.3) is 0 Å². The van der Waals surface area contributed by atoms with E-state index < -0.39 is 5.41 Å². The summed E-state index contributed by atoms with van der Waals surface area (Å²) in [5.41, 5.74) is 9.56. The van der Waals surface area contributed by atoms with Crippen LogP contribution < -0.4 is 0 Å². The van der Waals surface area contributed by atoms with Crippen LogP contribution in [0.4, 0.5) is 5.69 Å². The Morgan fingerprint density at radius 2 is 2.17 bits per heavy atom. The molecule has 0 radical (unpaired) electrons. The van der Waals surface area contributed by atoms with E-state index in [1.165, 1.54) is 0 Å². The zero-order valence-corrected chi connectivity index (χ0v) is 10.4. The first kappa shape index (κ1) is 12.7. The maximum atomic E-state index is 11.5. The van der Waals surface area contributed by atoms with Crippen molar-refractivity contribution in [1.82, 2.24) is 4.81 Å². The standard InChI is InChI=1S/C12H15BN4O/c13-17-6-4-12(9-18,5-7-17)10-2-1-3-11(8-10)15-16-14/h1-3,8-9H,4-7,13H2. The fourth-order valence-electron chi connectivity index (χ4n) is 2.42. The molecule has 1 heterocycles. The molecule has 18 heavy (non-hydrogen) atoms. The van der Waals surface area contributed by atoms with Gasteiger partial charge in [-0.05, 0) is 43.1 Å². The Hall–Kier alpha value is -1.78. The SMILES string of the molecule is BN1CCC(C=O)(c2cccc(N=[N+]=[N-])c2)CC1. The molecule has 6 heteroatoms. The summed E-state index contributed by atoms with van der Waals surface area (Å²) in [7, 11) is 2.06. The highest BCUT2D eigenvalue weighted by Crippen LogP contribution is 2.34. The van der Waals surface area contributed by atoms with Crippen LogP contribution in [0.1, 0.15) is 18.4 Å². The Labute approximate surface area is 107 Å². The number of nitrogens with zero attached hydrogens (tertiary/aromatic N) is 4. The minimum absolute atomic E-state index is 0.423. The smallest absolute Gasteiger partial charge is 0.185 e. The van der Waals surface area contributed by atoms with Crippen LogP contribution in [0.25, 0.3) is 10.4 Å². The van der Waals surface area contributed by atoms with E-state index in [0.29, 0.717) is 5.69 Å². The van der Waals surface area contributed by atoms with Crippen molar-refractivity contribution in [3.05, 3.63) is 40.3 Å². The number of hydrogen-bond donors (Lipinski definition) is 0. The maximum Gasteiger partial charge on any atom is 0.185 e. The molecule has 1 saturated heterocycles. The van der Waals surface area contributed by atoms with Gasteiger partial charge in [-0.3, -0.25) is 0 Å². The van der Waals surface area contributed by atoms with Crippen LogP contribution in [0.3, 0.4) is 0 Å². The van der Waals surface area contributed by atoms with E-state index in [0.717, 1.165) is 37.8 Å². The van der Waals surface area contributed by atoms with E-state index in [1.807, 2.05) is 18.2 Å². The summed E-state index contributed by atoms with van der Waals surface area (Å²) in [6, 6.07) is 7.34. The second-order valence-corrected chi connectivity index (χ2v) is 4.82. The topological polar surface area (TPSA) is 69.1 Å². The summed E-state index contributed by atoms with van der Waals surface area (Å²) in [5, 5.41) is 3.60. The number of aldehydes is 1. The molecule has 1 fully saturated rings. The lowest BCUT2D eigenvalue weighted by molar-refractivity contribution is -0.113. The van der Waals surface area contributed by atoms with Crippen molar-refractivity contribution in [2.24, 2.45) is 5.11 Å². The third kappa shape index (κ3) is 2.40. The van der Waals surface area contributed by atoms with Gasteiger partial charge in [0.05, 0.1) is 5.41 Å². The van der Waals surface area contributed by atoms with Crippen molar-refractivity contribution in [2.75, 3.05) is 13.1 Å². The van der Waals surface area contributed by atoms with Crippen molar-refractivity contribution >= 4 is 20.0 Å². The molecular formula is C12H15BN4O. The molecule has 1 aromatic rings. The summed E-state index contributed by atoms with van der Waals surface area (Å²) in [4.78, 5) is 16.5. The fraction of sp³-hybridized carbons (Fsp3) is 0.417. The average Bonchev–Trinajstić information content (AvgIpc) is 2.41. The zero-order chi connectivity index (χ0) is 13.0. The molecule has 92 valence electrons.